The second-order valence-corrected chi connectivity index (χ2v) is 22.5. The van der Waals surface area contributed by atoms with E-state index in [1.54, 1.807) is 0 Å². The van der Waals surface area contributed by atoms with Crippen LogP contribution in [0.15, 0.2) is 197 Å². The maximum Gasteiger partial charge on any atom is 2.00 e. The summed E-state index contributed by atoms with van der Waals surface area (Å²) in [6.45, 7) is 18.2. The second kappa shape index (κ2) is 20.9. The molecule has 0 unspecified atom stereocenters. The summed E-state index contributed by atoms with van der Waals surface area (Å²) < 4.78 is 25.3. The molecule has 0 saturated carbocycles. The van der Waals surface area contributed by atoms with Gasteiger partial charge in [-0.1, -0.05) is 182 Å². The van der Waals surface area contributed by atoms with Crippen molar-refractivity contribution in [1.29, 1.82) is 0 Å². The van der Waals surface area contributed by atoms with Gasteiger partial charge < -0.3 is 22.7 Å². The molecule has 0 N–H and O–H groups in total. The van der Waals surface area contributed by atoms with Crippen LogP contribution < -0.4 is 4.74 Å². The second-order valence-electron chi connectivity index (χ2n) is 22.5. The van der Waals surface area contributed by atoms with Gasteiger partial charge in [0.25, 0.3) is 0 Å². The first kappa shape index (κ1) is 52.5. The molecule has 0 radical (unpaired) electrons. The molecule has 8 nitrogen and oxygen atoms in total. The first-order valence-corrected chi connectivity index (χ1v) is 28.2. The van der Waals surface area contributed by atoms with Gasteiger partial charge >= 0.3 is 21.1 Å². The van der Waals surface area contributed by atoms with Crippen molar-refractivity contribution in [2.75, 3.05) is 0 Å². The molecule has 5 heterocycles. The van der Waals surface area contributed by atoms with Gasteiger partial charge in [0.1, 0.15) is 16.7 Å². The molecule has 0 fully saturated rings. The quantitative estimate of drug-likeness (QED) is 0.113. The summed E-state index contributed by atoms with van der Waals surface area (Å²) in [4.78, 5) is 16.1. The van der Waals surface area contributed by atoms with Crippen LogP contribution in [0.25, 0.3) is 123 Å². The zero-order chi connectivity index (χ0) is 55.2. The van der Waals surface area contributed by atoms with E-state index in [1.807, 2.05) is 48.5 Å². The molecule has 82 heavy (non-hydrogen) atoms. The smallest absolute Gasteiger partial charge is 0.499 e. The van der Waals surface area contributed by atoms with Crippen molar-refractivity contribution in [1.82, 2.24) is 24.1 Å². The maximum absolute atomic E-state index is 7.10. The standard InChI is InChI=1S/C73H59N5O3.Pt/c1-42(2)54-35-49(46-22-11-9-12-23-46)36-55(43(3)4)68(54)77-63-31-18-16-29-61(63)74-71(77)48-26-21-27-51(34-48)79-52-39-59-67-66(41-58-53-28-15-20-33-65(53)81-73(58)76-67)80-70(59)60(40-52)72-75-62-30-17-19-32-64(62)78(72)69-56(44(5)6)37-50(38-57(69)45(7)8)47-24-13-10-14-25-47;/h9-33,35-39,41-45H,1-8H3;/q-2;+2. The number of furan rings is 2. The van der Waals surface area contributed by atoms with Crippen molar-refractivity contribution in [2.45, 2.75) is 79.1 Å². The third-order valence-corrected chi connectivity index (χ3v) is 15.9. The fourth-order valence-electron chi connectivity index (χ4n) is 11.9. The monoisotopic (exact) mass is 1250 g/mol. The molecule has 14 rings (SSSR count). The Morgan fingerprint density at radius 3 is 1.50 bits per heavy atom. The predicted octanol–water partition coefficient (Wildman–Crippen LogP) is 20.1. The van der Waals surface area contributed by atoms with E-state index in [9.17, 15) is 0 Å². The summed E-state index contributed by atoms with van der Waals surface area (Å²) in [7, 11) is 0. The van der Waals surface area contributed by atoms with Crippen LogP contribution in [0.5, 0.6) is 11.5 Å². The number of ether oxygens (including phenoxy) is 1. The largest absolute Gasteiger partial charge is 2.00 e. The average Bonchev–Trinajstić information content (AvgIpc) is 2.91. The van der Waals surface area contributed by atoms with Gasteiger partial charge in [0.05, 0.1) is 44.7 Å². The average molecular weight is 1250 g/mol. The Bertz CT molecular complexity index is 4690. The molecule has 14 aromatic rings. The van der Waals surface area contributed by atoms with Gasteiger partial charge in [0.2, 0.25) is 5.71 Å². The minimum absolute atomic E-state index is 0. The van der Waals surface area contributed by atoms with E-state index in [-0.39, 0.29) is 44.7 Å². The van der Waals surface area contributed by atoms with Crippen molar-refractivity contribution in [3.8, 4) is 67.9 Å². The van der Waals surface area contributed by atoms with Gasteiger partial charge in [0, 0.05) is 28.3 Å². The van der Waals surface area contributed by atoms with Crippen LogP contribution in [0.3, 0.4) is 0 Å². The first-order valence-electron chi connectivity index (χ1n) is 28.2. The van der Waals surface area contributed by atoms with E-state index < -0.39 is 0 Å². The van der Waals surface area contributed by atoms with Crippen molar-refractivity contribution in [3.63, 3.8) is 0 Å². The van der Waals surface area contributed by atoms with E-state index in [0.717, 1.165) is 66.6 Å². The Morgan fingerprint density at radius 2 is 0.927 bits per heavy atom. The number of imidazole rings is 2. The molecule has 9 aromatic carbocycles. The zero-order valence-electron chi connectivity index (χ0n) is 47.0. The topological polar surface area (TPSA) is 84.0 Å². The summed E-state index contributed by atoms with van der Waals surface area (Å²) in [6, 6.07) is 73.1. The number of para-hydroxylation sites is 5. The van der Waals surface area contributed by atoms with Crippen molar-refractivity contribution < 1.29 is 34.6 Å². The van der Waals surface area contributed by atoms with E-state index >= 15 is 0 Å². The van der Waals surface area contributed by atoms with Crippen molar-refractivity contribution in [2.24, 2.45) is 0 Å². The molecular weight excluding hydrogens is 1190 g/mol. The van der Waals surface area contributed by atoms with Gasteiger partial charge in [-0.2, -0.15) is 0 Å². The van der Waals surface area contributed by atoms with Crippen LogP contribution in [0.4, 0.5) is 0 Å². The van der Waals surface area contributed by atoms with Crippen molar-refractivity contribution >= 4 is 66.2 Å². The van der Waals surface area contributed by atoms with Gasteiger partial charge in [0.15, 0.2) is 0 Å². The van der Waals surface area contributed by atoms with E-state index in [4.69, 9.17) is 28.5 Å². The minimum atomic E-state index is 0. The third kappa shape index (κ3) is 8.92. The van der Waals surface area contributed by atoms with E-state index in [1.165, 1.54) is 44.5 Å². The Balaban J connectivity index is 0.00000631. The number of aromatic nitrogens is 5. The molecule has 0 aliphatic carbocycles. The number of nitrogens with zero attached hydrogens (tertiary/aromatic N) is 5. The number of hydrogen-bond acceptors (Lipinski definition) is 6. The Hall–Kier alpha value is -8.84. The third-order valence-electron chi connectivity index (χ3n) is 15.9. The van der Waals surface area contributed by atoms with Crippen LogP contribution in [0, 0.1) is 12.1 Å². The van der Waals surface area contributed by atoms with Gasteiger partial charge in [-0.25, -0.2) is 4.98 Å². The number of pyridine rings is 1. The van der Waals surface area contributed by atoms with Crippen LogP contribution in [-0.4, -0.2) is 24.1 Å². The van der Waals surface area contributed by atoms with Crippen LogP contribution in [0.1, 0.15) is 101 Å². The Labute approximate surface area is 491 Å². The summed E-state index contributed by atoms with van der Waals surface area (Å²) in [5, 5.41) is 2.58. The van der Waals surface area contributed by atoms with Gasteiger partial charge in [-0.3, -0.25) is 9.97 Å². The first-order chi connectivity index (χ1) is 39.4. The molecule has 0 aliphatic heterocycles. The minimum Gasteiger partial charge on any atom is -0.499 e. The molecule has 0 atom stereocenters. The molecule has 0 amide bonds. The predicted molar refractivity (Wildman–Crippen MR) is 330 cm³/mol. The number of hydrogen-bond donors (Lipinski definition) is 0. The molecular formula is C73H59N5O3Pt. The number of benzene rings is 9. The normalized spacial score (nSPS) is 12.0. The number of rotatable bonds is 12. The molecule has 0 bridgehead atoms. The van der Waals surface area contributed by atoms with Gasteiger partial charge in [-0.05, 0) is 134 Å². The zero-order valence-corrected chi connectivity index (χ0v) is 49.3. The maximum atomic E-state index is 7.10. The fourth-order valence-corrected chi connectivity index (χ4v) is 11.9. The Kier molecular flexibility index (Phi) is 13.4. The summed E-state index contributed by atoms with van der Waals surface area (Å²) in [5.74, 6) is 3.12. The van der Waals surface area contributed by atoms with E-state index in [2.05, 4.69) is 216 Å². The van der Waals surface area contributed by atoms with Crippen LogP contribution in [0.2, 0.25) is 0 Å². The molecule has 0 spiro atoms. The fraction of sp³-hybridized carbons (Fsp3) is 0.164. The van der Waals surface area contributed by atoms with E-state index in [0.29, 0.717) is 45.3 Å². The van der Waals surface area contributed by atoms with Crippen molar-refractivity contribution in [3.05, 3.63) is 222 Å². The molecule has 0 aliphatic rings. The van der Waals surface area contributed by atoms with Crippen LogP contribution >= 0.6 is 0 Å². The molecule has 404 valence electrons. The molecule has 0 saturated heterocycles. The summed E-state index contributed by atoms with van der Waals surface area (Å²) in [6.07, 6.45) is 0. The van der Waals surface area contributed by atoms with Crippen LogP contribution in [-0.2, 0) is 21.1 Å². The SMILES string of the molecule is CC(C)c1cc(-c2ccccc2)cc(C(C)C)c1-n1c(-c2[c-]c(Oc3[c-]c(-c4nc5ccccc5n4-c4c(C(C)C)cc(-c5ccccc5)cc4C(C)C)c4oc5cc6c(nc5c4c3)oc3ccccc36)ccc2)nc2ccccc21.[Pt+2]. The van der Waals surface area contributed by atoms with Gasteiger partial charge in [-0.15, -0.1) is 23.8 Å². The summed E-state index contributed by atoms with van der Waals surface area (Å²) >= 11 is 0. The molecule has 5 aromatic heterocycles. The summed E-state index contributed by atoms with van der Waals surface area (Å²) in [5.41, 5.74) is 20.1. The molecule has 9 heteroatoms. The number of fused-ring (bicyclic) bond motifs is 8. The Morgan fingerprint density at radius 1 is 0.415 bits per heavy atom.